The minimum absolute atomic E-state index is 0.551. The molecule has 0 spiro atoms. The van der Waals surface area contributed by atoms with Crippen molar-refractivity contribution in [2.45, 2.75) is 6.92 Å². The van der Waals surface area contributed by atoms with Crippen molar-refractivity contribution in [3.8, 4) is 22.8 Å². The van der Waals surface area contributed by atoms with E-state index in [2.05, 4.69) is 4.98 Å². The standard InChI is InChI=1S/C12H14N2O2S/c1-7-10(15-2)5-4-8(11(7)16-3)9-6-17-12(13)14-9/h4-6H,1-3H3,(H2,13,14). The minimum Gasteiger partial charge on any atom is -0.496 e. The average molecular weight is 250 g/mol. The highest BCUT2D eigenvalue weighted by molar-refractivity contribution is 7.13. The van der Waals surface area contributed by atoms with Crippen LogP contribution in [0.15, 0.2) is 17.5 Å². The van der Waals surface area contributed by atoms with Gasteiger partial charge in [-0.05, 0) is 19.1 Å². The lowest BCUT2D eigenvalue weighted by Crippen LogP contribution is -1.95. The lowest BCUT2D eigenvalue weighted by Gasteiger charge is -2.13. The van der Waals surface area contributed by atoms with Gasteiger partial charge in [0, 0.05) is 16.5 Å². The van der Waals surface area contributed by atoms with Gasteiger partial charge >= 0.3 is 0 Å². The van der Waals surface area contributed by atoms with Gasteiger partial charge < -0.3 is 15.2 Å². The largest absolute Gasteiger partial charge is 0.496 e. The number of nitrogens with zero attached hydrogens (tertiary/aromatic N) is 1. The van der Waals surface area contributed by atoms with Gasteiger partial charge in [0.2, 0.25) is 0 Å². The van der Waals surface area contributed by atoms with Crippen LogP contribution in [0.4, 0.5) is 5.13 Å². The maximum atomic E-state index is 5.64. The zero-order chi connectivity index (χ0) is 12.4. The van der Waals surface area contributed by atoms with Crippen molar-refractivity contribution in [2.24, 2.45) is 0 Å². The summed E-state index contributed by atoms with van der Waals surface area (Å²) in [6, 6.07) is 3.84. The first-order valence-electron chi connectivity index (χ1n) is 5.10. The second-order valence-corrected chi connectivity index (χ2v) is 4.43. The maximum Gasteiger partial charge on any atom is 0.180 e. The van der Waals surface area contributed by atoms with E-state index in [1.165, 1.54) is 11.3 Å². The third kappa shape index (κ3) is 2.06. The van der Waals surface area contributed by atoms with Gasteiger partial charge in [-0.25, -0.2) is 4.98 Å². The Morgan fingerprint density at radius 3 is 2.53 bits per heavy atom. The molecule has 0 saturated carbocycles. The van der Waals surface area contributed by atoms with Crippen LogP contribution in [0, 0.1) is 6.92 Å². The number of benzene rings is 1. The zero-order valence-electron chi connectivity index (χ0n) is 9.98. The number of hydrogen-bond acceptors (Lipinski definition) is 5. The van der Waals surface area contributed by atoms with E-state index in [0.717, 1.165) is 28.3 Å². The number of rotatable bonds is 3. The minimum atomic E-state index is 0.551. The van der Waals surface area contributed by atoms with E-state index in [-0.39, 0.29) is 0 Å². The number of nitrogens with two attached hydrogens (primary N) is 1. The molecular weight excluding hydrogens is 236 g/mol. The van der Waals surface area contributed by atoms with Crippen molar-refractivity contribution in [1.29, 1.82) is 0 Å². The van der Waals surface area contributed by atoms with E-state index in [0.29, 0.717) is 5.13 Å². The summed E-state index contributed by atoms with van der Waals surface area (Å²) >= 11 is 1.41. The highest BCUT2D eigenvalue weighted by atomic mass is 32.1. The van der Waals surface area contributed by atoms with Crippen LogP contribution in [-0.2, 0) is 0 Å². The Balaban J connectivity index is 2.58. The molecule has 0 saturated heterocycles. The summed E-state index contributed by atoms with van der Waals surface area (Å²) in [6.07, 6.45) is 0. The SMILES string of the molecule is COc1ccc(-c2csc(N)n2)c(OC)c1C. The van der Waals surface area contributed by atoms with Crippen molar-refractivity contribution < 1.29 is 9.47 Å². The van der Waals surface area contributed by atoms with Gasteiger partial charge in [0.05, 0.1) is 19.9 Å². The molecule has 2 aromatic rings. The normalized spacial score (nSPS) is 10.3. The van der Waals surface area contributed by atoms with E-state index in [9.17, 15) is 0 Å². The second kappa shape index (κ2) is 4.63. The molecule has 0 unspecified atom stereocenters. The Labute approximate surface area is 104 Å². The number of ether oxygens (including phenoxy) is 2. The highest BCUT2D eigenvalue weighted by Crippen LogP contribution is 2.38. The topological polar surface area (TPSA) is 57.4 Å². The van der Waals surface area contributed by atoms with Gasteiger partial charge in [-0.1, -0.05) is 0 Å². The smallest absolute Gasteiger partial charge is 0.180 e. The summed E-state index contributed by atoms with van der Waals surface area (Å²) in [5.74, 6) is 1.57. The highest BCUT2D eigenvalue weighted by Gasteiger charge is 2.14. The zero-order valence-corrected chi connectivity index (χ0v) is 10.8. The molecular formula is C12H14N2O2S. The summed E-state index contributed by atoms with van der Waals surface area (Å²) < 4.78 is 10.7. The first kappa shape index (κ1) is 11.7. The predicted octanol–water partition coefficient (Wildman–Crippen LogP) is 2.72. The molecule has 17 heavy (non-hydrogen) atoms. The third-order valence-corrected chi connectivity index (χ3v) is 3.25. The molecule has 1 heterocycles. The van der Waals surface area contributed by atoms with Crippen molar-refractivity contribution in [2.75, 3.05) is 20.0 Å². The lowest BCUT2D eigenvalue weighted by molar-refractivity contribution is 0.390. The molecule has 0 aliphatic rings. The Bertz CT molecular complexity index is 537. The van der Waals surface area contributed by atoms with Crippen LogP contribution in [0.5, 0.6) is 11.5 Å². The molecule has 0 atom stereocenters. The van der Waals surface area contributed by atoms with Crippen molar-refractivity contribution in [1.82, 2.24) is 4.98 Å². The fourth-order valence-electron chi connectivity index (χ4n) is 1.77. The van der Waals surface area contributed by atoms with Gasteiger partial charge in [0.1, 0.15) is 11.5 Å². The molecule has 0 aliphatic heterocycles. The van der Waals surface area contributed by atoms with Gasteiger partial charge in [-0.3, -0.25) is 0 Å². The molecule has 0 amide bonds. The molecule has 2 N–H and O–H groups in total. The summed E-state index contributed by atoms with van der Waals surface area (Å²) in [4.78, 5) is 4.26. The number of hydrogen-bond donors (Lipinski definition) is 1. The predicted molar refractivity (Wildman–Crippen MR) is 69.8 cm³/mol. The molecule has 1 aromatic carbocycles. The molecule has 90 valence electrons. The van der Waals surface area contributed by atoms with Crippen LogP contribution >= 0.6 is 11.3 Å². The number of anilines is 1. The summed E-state index contributed by atoms with van der Waals surface area (Å²) in [5.41, 5.74) is 8.36. The summed E-state index contributed by atoms with van der Waals surface area (Å²) in [7, 11) is 3.28. The number of methoxy groups -OCH3 is 2. The van der Waals surface area contributed by atoms with Gasteiger partial charge in [-0.2, -0.15) is 0 Å². The van der Waals surface area contributed by atoms with Crippen molar-refractivity contribution >= 4 is 16.5 Å². The molecule has 0 bridgehead atoms. The van der Waals surface area contributed by atoms with E-state index >= 15 is 0 Å². The fraction of sp³-hybridized carbons (Fsp3) is 0.250. The van der Waals surface area contributed by atoms with Crippen LogP contribution < -0.4 is 15.2 Å². The Morgan fingerprint density at radius 1 is 1.24 bits per heavy atom. The summed E-state index contributed by atoms with van der Waals surface area (Å²) in [6.45, 7) is 1.96. The number of nitrogen functional groups attached to an aromatic ring is 1. The fourth-order valence-corrected chi connectivity index (χ4v) is 2.33. The molecule has 0 fully saturated rings. The van der Waals surface area contributed by atoms with E-state index < -0.39 is 0 Å². The van der Waals surface area contributed by atoms with E-state index in [1.54, 1.807) is 14.2 Å². The molecule has 5 heteroatoms. The lowest BCUT2D eigenvalue weighted by atomic mass is 10.1. The quantitative estimate of drug-likeness (QED) is 0.910. The van der Waals surface area contributed by atoms with E-state index in [1.807, 2.05) is 24.4 Å². The molecule has 4 nitrogen and oxygen atoms in total. The van der Waals surface area contributed by atoms with Crippen LogP contribution in [0.2, 0.25) is 0 Å². The Kier molecular flexibility index (Phi) is 3.19. The number of aromatic nitrogens is 1. The van der Waals surface area contributed by atoms with Crippen molar-refractivity contribution in [3.05, 3.63) is 23.1 Å². The molecule has 2 rings (SSSR count). The van der Waals surface area contributed by atoms with Gasteiger partial charge in [0.25, 0.3) is 0 Å². The third-order valence-electron chi connectivity index (χ3n) is 2.58. The monoisotopic (exact) mass is 250 g/mol. The Hall–Kier alpha value is -1.75. The molecule has 0 aliphatic carbocycles. The van der Waals surface area contributed by atoms with Crippen LogP contribution in [0.1, 0.15) is 5.56 Å². The molecule has 1 aromatic heterocycles. The van der Waals surface area contributed by atoms with Crippen LogP contribution in [0.25, 0.3) is 11.3 Å². The van der Waals surface area contributed by atoms with E-state index in [4.69, 9.17) is 15.2 Å². The summed E-state index contributed by atoms with van der Waals surface area (Å²) in [5, 5.41) is 2.47. The van der Waals surface area contributed by atoms with Gasteiger partial charge in [-0.15, -0.1) is 11.3 Å². The van der Waals surface area contributed by atoms with Crippen molar-refractivity contribution in [3.63, 3.8) is 0 Å². The Morgan fingerprint density at radius 2 is 2.00 bits per heavy atom. The molecule has 0 radical (unpaired) electrons. The average Bonchev–Trinajstić information content (AvgIpc) is 2.75. The first-order valence-corrected chi connectivity index (χ1v) is 5.98. The first-order chi connectivity index (χ1) is 8.17. The van der Waals surface area contributed by atoms with Crippen LogP contribution in [0.3, 0.4) is 0 Å². The second-order valence-electron chi connectivity index (χ2n) is 3.54. The number of thiazole rings is 1. The van der Waals surface area contributed by atoms with Crippen LogP contribution in [-0.4, -0.2) is 19.2 Å². The van der Waals surface area contributed by atoms with Gasteiger partial charge in [0.15, 0.2) is 5.13 Å². The maximum absolute atomic E-state index is 5.64.